The molecule has 0 bridgehead atoms. The van der Waals surface area contributed by atoms with Crippen molar-refractivity contribution in [3.8, 4) is 0 Å². The molecule has 0 amide bonds. The van der Waals surface area contributed by atoms with Gasteiger partial charge in [0.25, 0.3) is 0 Å². The molecule has 0 aromatic heterocycles. The minimum atomic E-state index is 0.424. The van der Waals surface area contributed by atoms with Crippen LogP contribution in [0.3, 0.4) is 0 Å². The van der Waals surface area contributed by atoms with Crippen LogP contribution in [0.5, 0.6) is 0 Å². The van der Waals surface area contributed by atoms with Gasteiger partial charge in [-0.05, 0) is 32.0 Å². The summed E-state index contributed by atoms with van der Waals surface area (Å²) in [6.07, 6.45) is 2.55. The zero-order valence-corrected chi connectivity index (χ0v) is 8.77. The molecule has 1 aliphatic heterocycles. The standard InChI is InChI=1S/C9H16N2OS/c1-7-6-12-5-4-11(7)9(13)10-8-2-3-8/h7-8H,2-6H2,1H3,(H,10,13)/t7-/m1/s1. The van der Waals surface area contributed by atoms with E-state index >= 15 is 0 Å². The van der Waals surface area contributed by atoms with E-state index in [0.717, 1.165) is 24.9 Å². The van der Waals surface area contributed by atoms with Gasteiger partial charge in [-0.25, -0.2) is 0 Å². The second kappa shape index (κ2) is 3.80. The van der Waals surface area contributed by atoms with Crippen molar-refractivity contribution in [2.45, 2.75) is 31.8 Å². The van der Waals surface area contributed by atoms with Crippen LogP contribution >= 0.6 is 12.2 Å². The van der Waals surface area contributed by atoms with Crippen molar-refractivity contribution >= 4 is 17.3 Å². The summed E-state index contributed by atoms with van der Waals surface area (Å²) in [4.78, 5) is 2.23. The number of nitrogens with one attached hydrogen (secondary N) is 1. The normalized spacial score (nSPS) is 28.7. The van der Waals surface area contributed by atoms with Crippen LogP contribution in [0.2, 0.25) is 0 Å². The summed E-state index contributed by atoms with van der Waals surface area (Å²) in [5.41, 5.74) is 0. The van der Waals surface area contributed by atoms with Crippen LogP contribution in [0.15, 0.2) is 0 Å². The largest absolute Gasteiger partial charge is 0.377 e. The van der Waals surface area contributed by atoms with E-state index in [1.165, 1.54) is 12.8 Å². The third-order valence-electron chi connectivity index (χ3n) is 2.53. The van der Waals surface area contributed by atoms with Crippen LogP contribution in [0.1, 0.15) is 19.8 Å². The third-order valence-corrected chi connectivity index (χ3v) is 2.89. The maximum absolute atomic E-state index is 5.35. The lowest BCUT2D eigenvalue weighted by atomic mass is 10.3. The fourth-order valence-electron chi connectivity index (χ4n) is 1.51. The first kappa shape index (κ1) is 9.21. The Labute approximate surface area is 84.4 Å². The smallest absolute Gasteiger partial charge is 0.169 e. The van der Waals surface area contributed by atoms with Crippen LogP contribution in [0.4, 0.5) is 0 Å². The minimum Gasteiger partial charge on any atom is -0.377 e. The lowest BCUT2D eigenvalue weighted by molar-refractivity contribution is 0.0328. The molecule has 1 aliphatic carbocycles. The summed E-state index contributed by atoms with van der Waals surface area (Å²) in [5, 5.41) is 4.27. The van der Waals surface area contributed by atoms with Gasteiger partial charge in [-0.1, -0.05) is 0 Å². The van der Waals surface area contributed by atoms with E-state index in [1.807, 2.05) is 0 Å². The molecule has 74 valence electrons. The van der Waals surface area contributed by atoms with Crippen molar-refractivity contribution in [2.24, 2.45) is 0 Å². The molecule has 1 saturated heterocycles. The van der Waals surface area contributed by atoms with Crippen LogP contribution in [0.25, 0.3) is 0 Å². The van der Waals surface area contributed by atoms with Crippen LogP contribution in [0, 0.1) is 0 Å². The van der Waals surface area contributed by atoms with Gasteiger partial charge in [0.05, 0.1) is 19.3 Å². The molecule has 1 atom stereocenters. The van der Waals surface area contributed by atoms with E-state index in [1.54, 1.807) is 0 Å². The molecule has 0 unspecified atom stereocenters. The van der Waals surface area contributed by atoms with E-state index in [4.69, 9.17) is 17.0 Å². The molecule has 4 heteroatoms. The average molecular weight is 200 g/mol. The Morgan fingerprint density at radius 1 is 1.54 bits per heavy atom. The average Bonchev–Trinajstić information content (AvgIpc) is 2.89. The first-order valence-electron chi connectivity index (χ1n) is 4.92. The highest BCUT2D eigenvalue weighted by molar-refractivity contribution is 7.80. The Bertz CT molecular complexity index is 206. The van der Waals surface area contributed by atoms with E-state index in [9.17, 15) is 0 Å². The van der Waals surface area contributed by atoms with Gasteiger partial charge >= 0.3 is 0 Å². The zero-order chi connectivity index (χ0) is 9.26. The molecule has 13 heavy (non-hydrogen) atoms. The maximum Gasteiger partial charge on any atom is 0.169 e. The van der Waals surface area contributed by atoms with Crippen molar-refractivity contribution in [2.75, 3.05) is 19.8 Å². The van der Waals surface area contributed by atoms with E-state index in [2.05, 4.69) is 17.1 Å². The predicted molar refractivity (Wildman–Crippen MR) is 55.7 cm³/mol. The van der Waals surface area contributed by atoms with Crippen molar-refractivity contribution in [3.63, 3.8) is 0 Å². The monoisotopic (exact) mass is 200 g/mol. The molecule has 1 saturated carbocycles. The number of thiocarbonyl (C=S) groups is 1. The number of hydrogen-bond acceptors (Lipinski definition) is 2. The van der Waals surface area contributed by atoms with Gasteiger partial charge in [0.1, 0.15) is 0 Å². The summed E-state index contributed by atoms with van der Waals surface area (Å²) < 4.78 is 5.35. The van der Waals surface area contributed by atoms with Crippen LogP contribution in [-0.4, -0.2) is 41.9 Å². The van der Waals surface area contributed by atoms with Gasteiger partial charge in [0.2, 0.25) is 0 Å². The van der Waals surface area contributed by atoms with Gasteiger partial charge < -0.3 is 15.0 Å². The molecule has 0 radical (unpaired) electrons. The molecule has 1 heterocycles. The fraction of sp³-hybridized carbons (Fsp3) is 0.889. The highest BCUT2D eigenvalue weighted by atomic mass is 32.1. The predicted octanol–water partition coefficient (Wildman–Crippen LogP) is 0.744. The molecule has 0 aromatic carbocycles. The van der Waals surface area contributed by atoms with E-state index in [0.29, 0.717) is 12.1 Å². The van der Waals surface area contributed by atoms with Crippen molar-refractivity contribution < 1.29 is 4.74 Å². The van der Waals surface area contributed by atoms with Gasteiger partial charge in [-0.3, -0.25) is 0 Å². The number of morpholine rings is 1. The van der Waals surface area contributed by atoms with E-state index in [-0.39, 0.29) is 0 Å². The SMILES string of the molecule is C[C@@H]1COCCN1C(=S)NC1CC1. The summed E-state index contributed by atoms with van der Waals surface area (Å²) in [6.45, 7) is 4.68. The van der Waals surface area contributed by atoms with Gasteiger partial charge in [-0.15, -0.1) is 0 Å². The second-order valence-electron chi connectivity index (χ2n) is 3.84. The summed E-state index contributed by atoms with van der Waals surface area (Å²) in [5.74, 6) is 0. The van der Waals surface area contributed by atoms with E-state index < -0.39 is 0 Å². The molecular weight excluding hydrogens is 184 g/mol. The number of nitrogens with zero attached hydrogens (tertiary/aromatic N) is 1. The molecule has 2 rings (SSSR count). The molecule has 2 fully saturated rings. The van der Waals surface area contributed by atoms with Crippen LogP contribution in [-0.2, 0) is 4.74 Å². The Balaban J connectivity index is 1.85. The Kier molecular flexibility index (Phi) is 2.69. The Morgan fingerprint density at radius 2 is 2.31 bits per heavy atom. The first-order valence-corrected chi connectivity index (χ1v) is 5.33. The molecule has 0 spiro atoms. The molecule has 0 aromatic rings. The van der Waals surface area contributed by atoms with Crippen molar-refractivity contribution in [1.82, 2.24) is 10.2 Å². The number of rotatable bonds is 1. The lowest BCUT2D eigenvalue weighted by Crippen LogP contribution is -2.51. The van der Waals surface area contributed by atoms with Crippen LogP contribution < -0.4 is 5.32 Å². The summed E-state index contributed by atoms with van der Waals surface area (Å²) >= 11 is 5.33. The third kappa shape index (κ3) is 2.31. The summed E-state index contributed by atoms with van der Waals surface area (Å²) in [6, 6.07) is 1.08. The maximum atomic E-state index is 5.35. The van der Waals surface area contributed by atoms with Gasteiger partial charge in [0, 0.05) is 12.6 Å². The van der Waals surface area contributed by atoms with Gasteiger partial charge in [0.15, 0.2) is 5.11 Å². The number of ether oxygens (including phenoxy) is 1. The molecule has 2 aliphatic rings. The summed E-state index contributed by atoms with van der Waals surface area (Å²) in [7, 11) is 0. The molecular formula is C9H16N2OS. The Morgan fingerprint density at radius 3 is 2.92 bits per heavy atom. The minimum absolute atomic E-state index is 0.424. The van der Waals surface area contributed by atoms with Gasteiger partial charge in [-0.2, -0.15) is 0 Å². The Hall–Kier alpha value is -0.350. The second-order valence-corrected chi connectivity index (χ2v) is 4.23. The van der Waals surface area contributed by atoms with Crippen molar-refractivity contribution in [1.29, 1.82) is 0 Å². The number of hydrogen-bond donors (Lipinski definition) is 1. The quantitative estimate of drug-likeness (QED) is 0.631. The lowest BCUT2D eigenvalue weighted by Gasteiger charge is -2.35. The van der Waals surface area contributed by atoms with Crippen molar-refractivity contribution in [3.05, 3.63) is 0 Å². The molecule has 3 nitrogen and oxygen atoms in total. The highest BCUT2D eigenvalue weighted by Crippen LogP contribution is 2.19. The topological polar surface area (TPSA) is 24.5 Å². The zero-order valence-electron chi connectivity index (χ0n) is 7.95. The fourth-order valence-corrected chi connectivity index (χ4v) is 1.95. The highest BCUT2D eigenvalue weighted by Gasteiger charge is 2.26. The first-order chi connectivity index (χ1) is 6.27. The molecule has 1 N–H and O–H groups in total.